The summed E-state index contributed by atoms with van der Waals surface area (Å²) in [5.74, 6) is -0.278. The average molecular weight is 413 g/mol. The Kier molecular flexibility index (Phi) is 4.30. The highest BCUT2D eigenvalue weighted by Crippen LogP contribution is 2.38. The van der Waals surface area contributed by atoms with Gasteiger partial charge >= 0.3 is 0 Å². The number of halogens is 2. The lowest BCUT2D eigenvalue weighted by Crippen LogP contribution is -2.33. The fraction of sp³-hybridized carbons (Fsp3) is 0.400. The number of aromatic nitrogens is 4. The number of pyridine rings is 1. The van der Waals surface area contributed by atoms with Crippen LogP contribution in [-0.4, -0.2) is 44.2 Å². The van der Waals surface area contributed by atoms with Crippen LogP contribution in [-0.2, 0) is 6.42 Å². The van der Waals surface area contributed by atoms with Crippen molar-refractivity contribution in [3.05, 3.63) is 47.2 Å². The lowest BCUT2D eigenvalue weighted by Gasteiger charge is -2.27. The van der Waals surface area contributed by atoms with E-state index >= 15 is 0 Å². The Morgan fingerprint density at radius 1 is 1.37 bits per heavy atom. The Bertz CT molecular complexity index is 1150. The van der Waals surface area contributed by atoms with Crippen molar-refractivity contribution in [2.75, 3.05) is 17.2 Å². The molecule has 1 fully saturated rings. The van der Waals surface area contributed by atoms with Crippen LogP contribution in [0.2, 0.25) is 0 Å². The van der Waals surface area contributed by atoms with Crippen molar-refractivity contribution in [1.29, 1.82) is 0 Å². The molecule has 1 saturated heterocycles. The molecule has 0 aliphatic carbocycles. The summed E-state index contributed by atoms with van der Waals surface area (Å²) in [6.45, 7) is 1.99. The standard InChI is InChI=1S/C20H21F2N7O/c1-10-2-3-14-13(6-11(21)8-24-14)15-7-12(22)9-28(15)16-4-5-29-19(26-16)17(18(23)27-29)20(30)25-10/h4-6,8,10,12,15H,2-3,7,9H2,1H3,(H2,23,27)(H,25,30)/t10-,12-,15?/m0/s1. The van der Waals surface area contributed by atoms with Crippen LogP contribution in [0.4, 0.5) is 20.4 Å². The molecule has 1 unspecified atom stereocenters. The van der Waals surface area contributed by atoms with E-state index in [0.717, 1.165) is 0 Å². The maximum Gasteiger partial charge on any atom is 0.259 e. The van der Waals surface area contributed by atoms with E-state index < -0.39 is 18.0 Å². The quantitative estimate of drug-likeness (QED) is 0.586. The van der Waals surface area contributed by atoms with E-state index in [1.807, 2.05) is 6.92 Å². The molecule has 2 bridgehead atoms. The van der Waals surface area contributed by atoms with Gasteiger partial charge in [0, 0.05) is 24.4 Å². The molecule has 3 aromatic heterocycles. The molecule has 10 heteroatoms. The Morgan fingerprint density at radius 3 is 3.03 bits per heavy atom. The van der Waals surface area contributed by atoms with Crippen LogP contribution in [0.25, 0.3) is 5.65 Å². The molecule has 5 rings (SSSR count). The molecule has 5 heterocycles. The first-order chi connectivity index (χ1) is 14.4. The minimum absolute atomic E-state index is 0.0765. The van der Waals surface area contributed by atoms with Gasteiger partial charge in [0.1, 0.15) is 23.4 Å². The third-order valence-corrected chi connectivity index (χ3v) is 5.79. The number of nitrogens with zero attached hydrogens (tertiary/aromatic N) is 5. The van der Waals surface area contributed by atoms with Gasteiger partial charge in [-0.3, -0.25) is 9.78 Å². The van der Waals surface area contributed by atoms with Gasteiger partial charge in [0.2, 0.25) is 0 Å². The normalized spacial score (nSPS) is 24.0. The van der Waals surface area contributed by atoms with Crippen molar-refractivity contribution in [1.82, 2.24) is 24.9 Å². The van der Waals surface area contributed by atoms with E-state index in [9.17, 15) is 13.6 Å². The Balaban J connectivity index is 1.72. The Labute approximate surface area is 171 Å². The highest BCUT2D eigenvalue weighted by Gasteiger charge is 2.36. The second-order valence-electron chi connectivity index (χ2n) is 7.92. The number of carbonyl (C=O) groups is 1. The molecule has 1 amide bonds. The smallest absolute Gasteiger partial charge is 0.259 e. The number of hydrogen-bond donors (Lipinski definition) is 2. The summed E-state index contributed by atoms with van der Waals surface area (Å²) < 4.78 is 30.1. The molecule has 3 N–H and O–H groups in total. The number of amides is 1. The number of hydrogen-bond acceptors (Lipinski definition) is 6. The molecule has 8 nitrogen and oxygen atoms in total. The second-order valence-corrected chi connectivity index (χ2v) is 7.92. The Morgan fingerprint density at radius 2 is 2.20 bits per heavy atom. The number of fused-ring (bicyclic) bond motifs is 5. The van der Waals surface area contributed by atoms with Crippen LogP contribution < -0.4 is 16.0 Å². The van der Waals surface area contributed by atoms with E-state index in [0.29, 0.717) is 35.6 Å². The van der Waals surface area contributed by atoms with Gasteiger partial charge in [-0.1, -0.05) is 0 Å². The minimum Gasteiger partial charge on any atom is -0.381 e. The maximum absolute atomic E-state index is 14.5. The van der Waals surface area contributed by atoms with Gasteiger partial charge in [0.05, 0.1) is 18.8 Å². The number of nitrogens with two attached hydrogens (primary N) is 1. The summed E-state index contributed by atoms with van der Waals surface area (Å²) >= 11 is 0. The Hall–Kier alpha value is -3.30. The molecule has 0 saturated carbocycles. The summed E-state index contributed by atoms with van der Waals surface area (Å²) in [4.78, 5) is 23.6. The summed E-state index contributed by atoms with van der Waals surface area (Å²) in [7, 11) is 0. The van der Waals surface area contributed by atoms with Gasteiger partial charge in [-0.05, 0) is 37.5 Å². The van der Waals surface area contributed by atoms with Crippen molar-refractivity contribution in [3.8, 4) is 0 Å². The number of alkyl halides is 1. The summed E-state index contributed by atoms with van der Waals surface area (Å²) in [6, 6.07) is 2.53. The van der Waals surface area contributed by atoms with Crippen molar-refractivity contribution in [3.63, 3.8) is 0 Å². The van der Waals surface area contributed by atoms with Gasteiger partial charge in [-0.2, -0.15) is 0 Å². The molecule has 3 atom stereocenters. The molecule has 0 radical (unpaired) electrons. The molecule has 2 aliphatic heterocycles. The number of rotatable bonds is 0. The van der Waals surface area contributed by atoms with E-state index in [2.05, 4.69) is 20.4 Å². The first kappa shape index (κ1) is 18.7. The number of nitrogen functional groups attached to an aromatic ring is 1. The minimum atomic E-state index is -1.09. The summed E-state index contributed by atoms with van der Waals surface area (Å²) in [6.07, 6.45) is 3.04. The average Bonchev–Trinajstić information content (AvgIpc) is 3.24. The molecule has 0 aromatic carbocycles. The largest absolute Gasteiger partial charge is 0.381 e. The molecular weight excluding hydrogens is 392 g/mol. The summed E-state index contributed by atoms with van der Waals surface area (Å²) in [5.41, 5.74) is 7.84. The van der Waals surface area contributed by atoms with Crippen molar-refractivity contribution in [2.45, 2.75) is 44.4 Å². The number of anilines is 2. The predicted molar refractivity (Wildman–Crippen MR) is 106 cm³/mol. The van der Waals surface area contributed by atoms with E-state index in [-0.39, 0.29) is 36.3 Å². The lowest BCUT2D eigenvalue weighted by molar-refractivity contribution is 0.0940. The molecular formula is C20H21F2N7O. The van der Waals surface area contributed by atoms with E-state index in [1.54, 1.807) is 17.2 Å². The number of nitrogens with one attached hydrogen (secondary N) is 1. The first-order valence-corrected chi connectivity index (χ1v) is 9.91. The van der Waals surface area contributed by atoms with Gasteiger partial charge < -0.3 is 16.0 Å². The van der Waals surface area contributed by atoms with Crippen molar-refractivity contribution >= 4 is 23.2 Å². The van der Waals surface area contributed by atoms with Crippen LogP contribution in [0.15, 0.2) is 24.5 Å². The van der Waals surface area contributed by atoms with Crippen LogP contribution in [0, 0.1) is 5.82 Å². The van der Waals surface area contributed by atoms with Gasteiger partial charge in [0.15, 0.2) is 11.5 Å². The second kappa shape index (κ2) is 6.89. The van der Waals surface area contributed by atoms with E-state index in [4.69, 9.17) is 5.73 Å². The molecule has 30 heavy (non-hydrogen) atoms. The third-order valence-electron chi connectivity index (χ3n) is 5.79. The zero-order valence-corrected chi connectivity index (χ0v) is 16.3. The fourth-order valence-corrected chi connectivity index (χ4v) is 4.35. The van der Waals surface area contributed by atoms with Crippen LogP contribution >= 0.6 is 0 Å². The lowest BCUT2D eigenvalue weighted by atomic mass is 9.98. The summed E-state index contributed by atoms with van der Waals surface area (Å²) in [5, 5.41) is 7.10. The highest BCUT2D eigenvalue weighted by atomic mass is 19.1. The van der Waals surface area contributed by atoms with Crippen LogP contribution in [0.3, 0.4) is 0 Å². The molecule has 156 valence electrons. The van der Waals surface area contributed by atoms with Crippen molar-refractivity contribution < 1.29 is 13.6 Å². The number of carbonyl (C=O) groups excluding carboxylic acids is 1. The van der Waals surface area contributed by atoms with Gasteiger partial charge in [0.25, 0.3) is 5.91 Å². The zero-order chi connectivity index (χ0) is 21.0. The van der Waals surface area contributed by atoms with Gasteiger partial charge in [-0.15, -0.1) is 5.10 Å². The SMILES string of the molecule is C[C@H]1CCc2ncc(F)cc2C2C[C@H](F)CN2c2ccn3nc(N)c(c3n2)C(=O)N1. The number of aryl methyl sites for hydroxylation is 1. The van der Waals surface area contributed by atoms with Crippen molar-refractivity contribution in [2.24, 2.45) is 0 Å². The third kappa shape index (κ3) is 3.03. The molecule has 2 aliphatic rings. The zero-order valence-electron chi connectivity index (χ0n) is 16.3. The predicted octanol–water partition coefficient (Wildman–Crippen LogP) is 2.20. The van der Waals surface area contributed by atoms with Crippen LogP contribution in [0.5, 0.6) is 0 Å². The fourth-order valence-electron chi connectivity index (χ4n) is 4.35. The molecule has 0 spiro atoms. The van der Waals surface area contributed by atoms with Gasteiger partial charge in [-0.25, -0.2) is 18.3 Å². The topological polar surface area (TPSA) is 101 Å². The van der Waals surface area contributed by atoms with Crippen LogP contribution in [0.1, 0.15) is 47.4 Å². The first-order valence-electron chi connectivity index (χ1n) is 9.91. The molecule has 3 aromatic rings. The highest BCUT2D eigenvalue weighted by molar-refractivity contribution is 6.04. The maximum atomic E-state index is 14.5. The van der Waals surface area contributed by atoms with E-state index in [1.165, 1.54) is 16.8 Å². The monoisotopic (exact) mass is 413 g/mol.